The second kappa shape index (κ2) is 7.96. The van der Waals surface area contributed by atoms with Crippen molar-refractivity contribution in [1.82, 2.24) is 4.98 Å². The minimum Gasteiger partial charge on any atom is -0.438 e. The van der Waals surface area contributed by atoms with Gasteiger partial charge in [0.1, 0.15) is 11.1 Å². The van der Waals surface area contributed by atoms with E-state index in [1.807, 2.05) is 24.3 Å². The molecule has 4 aromatic rings. The third kappa shape index (κ3) is 3.98. The van der Waals surface area contributed by atoms with E-state index in [1.165, 1.54) is 16.9 Å². The van der Waals surface area contributed by atoms with E-state index in [2.05, 4.69) is 22.2 Å². The molecule has 1 amide bonds. The van der Waals surface area contributed by atoms with Crippen LogP contribution in [0.15, 0.2) is 69.5 Å². The number of hydrogen-bond donors (Lipinski definition) is 1. The van der Waals surface area contributed by atoms with Crippen LogP contribution >= 0.6 is 22.9 Å². The van der Waals surface area contributed by atoms with Crippen molar-refractivity contribution < 1.29 is 9.21 Å². The predicted octanol–water partition coefficient (Wildman–Crippen LogP) is 5.59. The third-order valence-corrected chi connectivity index (χ3v) is 5.10. The molecule has 2 aromatic heterocycles. The third-order valence-electron chi connectivity index (χ3n) is 4.18. The van der Waals surface area contributed by atoms with Gasteiger partial charge in [0.15, 0.2) is 5.13 Å². The standard InChI is InChI=1S/C21H16ClN3O2S/c1-2-13-3-6-16(7-4-13)24-20-17(19(26)25-21-23-9-10-28-21)12-14-11-15(22)5-8-18(14)27-20/h3-12H,2H2,1H3,(H,23,25,26). The van der Waals surface area contributed by atoms with Gasteiger partial charge in [0.25, 0.3) is 5.91 Å². The van der Waals surface area contributed by atoms with Crippen molar-refractivity contribution in [3.63, 3.8) is 0 Å². The Morgan fingerprint density at radius 2 is 2.04 bits per heavy atom. The maximum atomic E-state index is 12.9. The van der Waals surface area contributed by atoms with Crippen LogP contribution in [-0.4, -0.2) is 10.9 Å². The molecule has 0 saturated carbocycles. The zero-order chi connectivity index (χ0) is 19.5. The number of anilines is 1. The summed E-state index contributed by atoms with van der Waals surface area (Å²) in [6, 6.07) is 14.8. The molecule has 7 heteroatoms. The lowest BCUT2D eigenvalue weighted by Gasteiger charge is -2.05. The first-order valence-corrected chi connectivity index (χ1v) is 9.96. The molecule has 1 N–H and O–H groups in total. The largest absolute Gasteiger partial charge is 0.438 e. The van der Waals surface area contributed by atoms with Crippen molar-refractivity contribution in [1.29, 1.82) is 0 Å². The summed E-state index contributed by atoms with van der Waals surface area (Å²) in [7, 11) is 0. The molecule has 5 nitrogen and oxygen atoms in total. The summed E-state index contributed by atoms with van der Waals surface area (Å²) in [5.41, 5.74) is 3.06. The van der Waals surface area contributed by atoms with Gasteiger partial charge in [0, 0.05) is 22.0 Å². The number of carbonyl (C=O) groups excluding carboxylic acids is 1. The number of nitrogens with zero attached hydrogens (tertiary/aromatic N) is 2. The molecule has 0 saturated heterocycles. The SMILES string of the molecule is CCc1ccc(N=c2oc3ccc(Cl)cc3cc2C(=O)Nc2nccs2)cc1. The van der Waals surface area contributed by atoms with Crippen molar-refractivity contribution in [2.75, 3.05) is 5.32 Å². The Morgan fingerprint density at radius 1 is 1.21 bits per heavy atom. The second-order valence-corrected chi connectivity index (χ2v) is 7.40. The van der Waals surface area contributed by atoms with E-state index in [0.29, 0.717) is 27.0 Å². The molecule has 0 radical (unpaired) electrons. The summed E-state index contributed by atoms with van der Waals surface area (Å²) in [5.74, 6) is -0.343. The molecule has 2 heterocycles. The number of aromatic nitrogens is 1. The summed E-state index contributed by atoms with van der Waals surface area (Å²) < 4.78 is 5.95. The van der Waals surface area contributed by atoms with Crippen LogP contribution in [0.1, 0.15) is 22.8 Å². The fourth-order valence-electron chi connectivity index (χ4n) is 2.72. The van der Waals surface area contributed by atoms with Crippen LogP contribution in [0, 0.1) is 0 Å². The summed E-state index contributed by atoms with van der Waals surface area (Å²) in [6.45, 7) is 2.09. The molecule has 140 valence electrons. The molecule has 0 spiro atoms. The van der Waals surface area contributed by atoms with Crippen LogP contribution in [-0.2, 0) is 6.42 Å². The Bertz CT molecular complexity index is 1200. The number of nitrogens with one attached hydrogen (secondary N) is 1. The number of halogens is 1. The lowest BCUT2D eigenvalue weighted by atomic mass is 10.1. The van der Waals surface area contributed by atoms with E-state index in [0.717, 1.165) is 11.8 Å². The average molecular weight is 410 g/mol. The van der Waals surface area contributed by atoms with E-state index in [1.54, 1.807) is 35.8 Å². The number of rotatable bonds is 4. The number of carbonyl (C=O) groups is 1. The van der Waals surface area contributed by atoms with E-state index in [4.69, 9.17) is 16.0 Å². The first-order valence-electron chi connectivity index (χ1n) is 8.70. The van der Waals surface area contributed by atoms with Crippen LogP contribution in [0.2, 0.25) is 5.02 Å². The molecule has 0 fully saturated rings. The summed E-state index contributed by atoms with van der Waals surface area (Å²) in [4.78, 5) is 21.5. The number of hydrogen-bond acceptors (Lipinski definition) is 5. The average Bonchev–Trinajstić information content (AvgIpc) is 3.21. The Kier molecular flexibility index (Phi) is 5.23. The van der Waals surface area contributed by atoms with E-state index >= 15 is 0 Å². The molecule has 0 atom stereocenters. The van der Waals surface area contributed by atoms with Gasteiger partial charge in [-0.2, -0.15) is 0 Å². The fourth-order valence-corrected chi connectivity index (χ4v) is 3.42. The smallest absolute Gasteiger partial charge is 0.262 e. The quantitative estimate of drug-likeness (QED) is 0.477. The minimum atomic E-state index is -0.343. The number of thiazole rings is 1. The molecule has 0 bridgehead atoms. The van der Waals surface area contributed by atoms with E-state index < -0.39 is 0 Å². The lowest BCUT2D eigenvalue weighted by molar-refractivity contribution is 0.102. The number of amides is 1. The normalized spacial score (nSPS) is 11.7. The number of fused-ring (bicyclic) bond motifs is 1. The first kappa shape index (κ1) is 18.4. The lowest BCUT2D eigenvalue weighted by Crippen LogP contribution is -2.21. The number of benzene rings is 2. The van der Waals surface area contributed by atoms with Crippen LogP contribution in [0.3, 0.4) is 0 Å². The Balaban J connectivity index is 1.85. The molecule has 0 unspecified atom stereocenters. The van der Waals surface area contributed by atoms with Gasteiger partial charge in [0.2, 0.25) is 5.55 Å². The Labute approximate surface area is 170 Å². The van der Waals surface area contributed by atoms with Gasteiger partial charge in [0.05, 0.1) is 5.69 Å². The van der Waals surface area contributed by atoms with Gasteiger partial charge in [-0.15, -0.1) is 11.3 Å². The highest BCUT2D eigenvalue weighted by molar-refractivity contribution is 7.13. The van der Waals surface area contributed by atoms with Gasteiger partial charge in [-0.3, -0.25) is 10.1 Å². The van der Waals surface area contributed by atoms with Crippen LogP contribution < -0.4 is 10.9 Å². The van der Waals surface area contributed by atoms with E-state index in [-0.39, 0.29) is 11.5 Å². The van der Waals surface area contributed by atoms with Gasteiger partial charge in [-0.05, 0) is 48.4 Å². The monoisotopic (exact) mass is 409 g/mol. The first-order chi connectivity index (χ1) is 13.6. The van der Waals surface area contributed by atoms with Crippen LogP contribution in [0.25, 0.3) is 11.0 Å². The van der Waals surface area contributed by atoms with Gasteiger partial charge in [-0.25, -0.2) is 9.98 Å². The Morgan fingerprint density at radius 3 is 2.75 bits per heavy atom. The zero-order valence-electron chi connectivity index (χ0n) is 15.0. The highest BCUT2D eigenvalue weighted by Gasteiger charge is 2.14. The maximum Gasteiger partial charge on any atom is 0.262 e. The maximum absolute atomic E-state index is 12.9. The predicted molar refractivity (Wildman–Crippen MR) is 112 cm³/mol. The van der Waals surface area contributed by atoms with Crippen molar-refractivity contribution in [2.24, 2.45) is 4.99 Å². The van der Waals surface area contributed by atoms with Crippen molar-refractivity contribution >= 4 is 50.6 Å². The molecular formula is C21H16ClN3O2S. The van der Waals surface area contributed by atoms with Crippen molar-refractivity contribution in [3.8, 4) is 0 Å². The molecule has 0 aliphatic carbocycles. The van der Waals surface area contributed by atoms with Crippen LogP contribution in [0.4, 0.5) is 10.8 Å². The van der Waals surface area contributed by atoms with Gasteiger partial charge >= 0.3 is 0 Å². The molecule has 0 aliphatic rings. The van der Waals surface area contributed by atoms with Gasteiger partial charge in [-0.1, -0.05) is 30.7 Å². The summed E-state index contributed by atoms with van der Waals surface area (Å²) >= 11 is 7.43. The fraction of sp³-hybridized carbons (Fsp3) is 0.0952. The topological polar surface area (TPSA) is 67.5 Å². The number of aryl methyl sites for hydroxylation is 1. The molecule has 28 heavy (non-hydrogen) atoms. The van der Waals surface area contributed by atoms with E-state index in [9.17, 15) is 4.79 Å². The highest BCUT2D eigenvalue weighted by Crippen LogP contribution is 2.21. The summed E-state index contributed by atoms with van der Waals surface area (Å²) in [5, 5.41) is 6.36. The van der Waals surface area contributed by atoms with Crippen molar-refractivity contribution in [3.05, 3.63) is 81.8 Å². The van der Waals surface area contributed by atoms with Crippen molar-refractivity contribution in [2.45, 2.75) is 13.3 Å². The molecule has 0 aliphatic heterocycles. The molecule has 4 rings (SSSR count). The zero-order valence-corrected chi connectivity index (χ0v) is 16.6. The van der Waals surface area contributed by atoms with Gasteiger partial charge < -0.3 is 4.42 Å². The highest BCUT2D eigenvalue weighted by atomic mass is 35.5. The van der Waals surface area contributed by atoms with Crippen LogP contribution in [0.5, 0.6) is 0 Å². The molecule has 2 aromatic carbocycles. The summed E-state index contributed by atoms with van der Waals surface area (Å²) in [6.07, 6.45) is 2.58. The second-order valence-electron chi connectivity index (χ2n) is 6.07. The minimum absolute atomic E-state index is 0.230. The molecular weight excluding hydrogens is 394 g/mol. The Hall–Kier alpha value is -2.96.